The molecule has 1 aliphatic rings. The number of nitrogens with one attached hydrogen (secondary N) is 1. The normalized spacial score (nSPS) is 26.6. The summed E-state index contributed by atoms with van der Waals surface area (Å²) in [6.45, 7) is -0.435. The van der Waals surface area contributed by atoms with Gasteiger partial charge in [-0.05, 0) is 25.7 Å². The second-order valence-electron chi connectivity index (χ2n) is 4.57. The zero-order chi connectivity index (χ0) is 14.0. The zero-order valence-corrected chi connectivity index (χ0v) is 11.5. The Hall–Kier alpha value is 0.220. The Bertz CT molecular complexity index is 334. The maximum Gasteiger partial charge on any atom is 0.342 e. The summed E-state index contributed by atoms with van der Waals surface area (Å²) in [5.41, 5.74) is 0. The van der Waals surface area contributed by atoms with Gasteiger partial charge in [0.1, 0.15) is 0 Å². The summed E-state index contributed by atoms with van der Waals surface area (Å²) in [6.07, 6.45) is 2.04. The maximum atomic E-state index is 11.0. The highest BCUT2D eigenvalue weighted by Crippen LogP contribution is 2.59. The molecule has 0 aromatic rings. The molecule has 0 amide bonds. The Balaban J connectivity index is 2.54. The van der Waals surface area contributed by atoms with Crippen molar-refractivity contribution < 1.29 is 33.8 Å². The van der Waals surface area contributed by atoms with Crippen molar-refractivity contribution in [2.75, 3.05) is 6.54 Å². The third-order valence-electron chi connectivity index (χ3n) is 3.06. The third kappa shape index (κ3) is 5.07. The molecule has 0 radical (unpaired) electrons. The van der Waals surface area contributed by atoms with E-state index in [9.17, 15) is 14.2 Å². The minimum atomic E-state index is -4.85. The predicted molar refractivity (Wildman–Crippen MR) is 64.1 cm³/mol. The van der Waals surface area contributed by atoms with Gasteiger partial charge in [0.25, 0.3) is 0 Å². The Labute approximate surface area is 105 Å². The maximum absolute atomic E-state index is 11.0. The first-order valence-corrected chi connectivity index (χ1v) is 8.99. The van der Waals surface area contributed by atoms with Gasteiger partial charge in [0.2, 0.25) is 0 Å². The van der Waals surface area contributed by atoms with Crippen LogP contribution in [0, 0.1) is 0 Å². The lowest BCUT2D eigenvalue weighted by Crippen LogP contribution is -2.38. The van der Waals surface area contributed by atoms with Gasteiger partial charge >= 0.3 is 15.2 Å². The molecule has 0 aromatic carbocycles. The van der Waals surface area contributed by atoms with Gasteiger partial charge in [-0.15, -0.1) is 0 Å². The topological polar surface area (TPSA) is 147 Å². The van der Waals surface area contributed by atoms with Gasteiger partial charge in [0.15, 0.2) is 5.40 Å². The van der Waals surface area contributed by atoms with E-state index in [1.54, 1.807) is 0 Å². The highest BCUT2D eigenvalue weighted by Gasteiger charge is 2.43. The Kier molecular flexibility index (Phi) is 5.53. The van der Waals surface area contributed by atoms with E-state index >= 15 is 0 Å². The lowest BCUT2D eigenvalue weighted by Gasteiger charge is -2.28. The van der Waals surface area contributed by atoms with Gasteiger partial charge in [-0.3, -0.25) is 9.13 Å². The molecule has 0 aromatic heterocycles. The standard InChI is InChI=1S/C8H19NO7P2/c10-7-3-1-6(2-4-7)9-5-8(17(11,12)13)18(14,15)16/h6-10H,1-5H2,(H2,11,12,13)(H2,14,15,16)/t6-,7-. The smallest absolute Gasteiger partial charge is 0.342 e. The number of hydrogen-bond acceptors (Lipinski definition) is 4. The van der Waals surface area contributed by atoms with Crippen LogP contribution in [-0.4, -0.2) is 48.8 Å². The minimum Gasteiger partial charge on any atom is -0.393 e. The highest BCUT2D eigenvalue weighted by atomic mass is 31.2. The summed E-state index contributed by atoms with van der Waals surface area (Å²) >= 11 is 0. The van der Waals surface area contributed by atoms with Crippen LogP contribution < -0.4 is 5.32 Å². The molecule has 0 spiro atoms. The van der Waals surface area contributed by atoms with Crippen molar-refractivity contribution in [3.63, 3.8) is 0 Å². The summed E-state index contributed by atoms with van der Waals surface area (Å²) in [4.78, 5) is 35.7. The molecule has 108 valence electrons. The van der Waals surface area contributed by atoms with Crippen molar-refractivity contribution in [2.24, 2.45) is 0 Å². The predicted octanol–water partition coefficient (Wildman–Crippen LogP) is -0.439. The van der Waals surface area contributed by atoms with Gasteiger partial charge in [0, 0.05) is 12.6 Å². The summed E-state index contributed by atoms with van der Waals surface area (Å²) in [7, 11) is -9.70. The summed E-state index contributed by atoms with van der Waals surface area (Å²) in [5.74, 6) is 0. The first-order valence-electron chi connectivity index (χ1n) is 5.62. The highest BCUT2D eigenvalue weighted by molar-refractivity contribution is 7.70. The van der Waals surface area contributed by atoms with E-state index in [1.165, 1.54) is 0 Å². The molecule has 0 bridgehead atoms. The summed E-state index contributed by atoms with van der Waals surface area (Å²) in [6, 6.07) is -0.0750. The van der Waals surface area contributed by atoms with Crippen molar-refractivity contribution in [1.82, 2.24) is 5.32 Å². The Morgan fingerprint density at radius 1 is 1.00 bits per heavy atom. The van der Waals surface area contributed by atoms with Crippen molar-refractivity contribution in [3.05, 3.63) is 0 Å². The van der Waals surface area contributed by atoms with Crippen molar-refractivity contribution in [2.45, 2.75) is 43.2 Å². The fraction of sp³-hybridized carbons (Fsp3) is 1.00. The molecule has 1 aliphatic carbocycles. The van der Waals surface area contributed by atoms with Crippen LogP contribution in [0.1, 0.15) is 25.7 Å². The van der Waals surface area contributed by atoms with Crippen molar-refractivity contribution in [1.29, 1.82) is 0 Å². The van der Waals surface area contributed by atoms with Crippen LogP contribution in [0.5, 0.6) is 0 Å². The average Bonchev–Trinajstić information content (AvgIpc) is 2.17. The number of hydrogen-bond donors (Lipinski definition) is 6. The third-order valence-corrected chi connectivity index (χ3v) is 6.79. The van der Waals surface area contributed by atoms with E-state index in [4.69, 9.17) is 19.6 Å². The van der Waals surface area contributed by atoms with Crippen LogP contribution >= 0.6 is 15.2 Å². The van der Waals surface area contributed by atoms with Crippen molar-refractivity contribution >= 4 is 15.2 Å². The van der Waals surface area contributed by atoms with E-state index < -0.39 is 27.1 Å². The second-order valence-corrected chi connectivity index (χ2v) is 8.58. The molecule has 0 aliphatic heterocycles. The quantitative estimate of drug-likeness (QED) is 0.375. The van der Waals surface area contributed by atoms with Gasteiger partial charge < -0.3 is 30.0 Å². The Morgan fingerprint density at radius 3 is 1.83 bits per heavy atom. The molecule has 1 saturated carbocycles. The molecule has 0 unspecified atom stereocenters. The molecular weight excluding hydrogens is 284 g/mol. The van der Waals surface area contributed by atoms with Crippen LogP contribution in [0.2, 0.25) is 0 Å². The monoisotopic (exact) mass is 303 g/mol. The molecule has 0 heterocycles. The van der Waals surface area contributed by atoms with Crippen LogP contribution in [-0.2, 0) is 9.13 Å². The van der Waals surface area contributed by atoms with Gasteiger partial charge in [-0.25, -0.2) is 0 Å². The zero-order valence-electron chi connectivity index (χ0n) is 9.71. The van der Waals surface area contributed by atoms with Gasteiger partial charge in [-0.1, -0.05) is 0 Å². The molecule has 6 N–H and O–H groups in total. The van der Waals surface area contributed by atoms with Crippen LogP contribution in [0.25, 0.3) is 0 Å². The largest absolute Gasteiger partial charge is 0.393 e. The average molecular weight is 303 g/mol. The SMILES string of the molecule is O=P(O)(O)C(CN[C@H]1CC[C@H](O)CC1)P(=O)(O)O. The van der Waals surface area contributed by atoms with E-state index in [0.717, 1.165) is 0 Å². The number of rotatable bonds is 5. The molecule has 18 heavy (non-hydrogen) atoms. The minimum absolute atomic E-state index is 0.0750. The first kappa shape index (κ1) is 16.3. The lowest BCUT2D eigenvalue weighted by molar-refractivity contribution is 0.117. The fourth-order valence-electron chi connectivity index (χ4n) is 1.99. The van der Waals surface area contributed by atoms with Crippen molar-refractivity contribution in [3.8, 4) is 0 Å². The molecule has 1 rings (SSSR count). The van der Waals surface area contributed by atoms with Gasteiger partial charge in [0.05, 0.1) is 6.10 Å². The molecule has 0 atom stereocenters. The van der Waals surface area contributed by atoms with E-state index in [1.807, 2.05) is 0 Å². The van der Waals surface area contributed by atoms with Gasteiger partial charge in [-0.2, -0.15) is 0 Å². The van der Waals surface area contributed by atoms with E-state index in [2.05, 4.69) is 5.32 Å². The molecule has 10 heteroatoms. The van der Waals surface area contributed by atoms with Crippen LogP contribution in [0.3, 0.4) is 0 Å². The van der Waals surface area contributed by atoms with Crippen LogP contribution in [0.15, 0.2) is 0 Å². The van der Waals surface area contributed by atoms with Crippen LogP contribution in [0.4, 0.5) is 0 Å². The molecular formula is C8H19NO7P2. The number of aliphatic hydroxyl groups is 1. The fourth-order valence-corrected chi connectivity index (χ4v) is 4.24. The van der Waals surface area contributed by atoms with E-state index in [0.29, 0.717) is 25.7 Å². The molecule has 8 nitrogen and oxygen atoms in total. The van der Waals surface area contributed by atoms with E-state index in [-0.39, 0.29) is 12.1 Å². The lowest BCUT2D eigenvalue weighted by atomic mass is 9.93. The first-order chi connectivity index (χ1) is 8.10. The summed E-state index contributed by atoms with van der Waals surface area (Å²) < 4.78 is 22.1. The molecule has 1 fully saturated rings. The number of aliphatic hydroxyl groups excluding tert-OH is 1. The second kappa shape index (κ2) is 6.11. The Morgan fingerprint density at radius 2 is 1.44 bits per heavy atom. The summed E-state index contributed by atoms with van der Waals surface area (Å²) in [5, 5.41) is 10.0. The molecule has 0 saturated heterocycles.